The molecule has 116 valence electrons. The number of hydrogen-bond acceptors (Lipinski definition) is 3. The van der Waals surface area contributed by atoms with Crippen molar-refractivity contribution >= 4 is 12.0 Å². The molecule has 0 aromatic carbocycles. The Morgan fingerprint density at radius 3 is 2.60 bits per heavy atom. The summed E-state index contributed by atoms with van der Waals surface area (Å²) in [5.41, 5.74) is 0. The fourth-order valence-electron chi connectivity index (χ4n) is 2.47. The molecule has 1 aliphatic rings. The normalized spacial score (nSPS) is 18.9. The molecular formula is C14H26N2O4. The van der Waals surface area contributed by atoms with Gasteiger partial charge in [-0.2, -0.15) is 0 Å². The molecule has 1 fully saturated rings. The Kier molecular flexibility index (Phi) is 6.78. The fourth-order valence-corrected chi connectivity index (χ4v) is 2.47. The van der Waals surface area contributed by atoms with Gasteiger partial charge in [-0.3, -0.25) is 4.79 Å². The number of carboxylic acid groups (broad SMARTS) is 1. The molecular weight excluding hydrogens is 260 g/mol. The Morgan fingerprint density at radius 2 is 2.10 bits per heavy atom. The van der Waals surface area contributed by atoms with Crippen molar-refractivity contribution in [3.8, 4) is 0 Å². The van der Waals surface area contributed by atoms with Gasteiger partial charge < -0.3 is 19.6 Å². The molecule has 0 aromatic heterocycles. The van der Waals surface area contributed by atoms with E-state index in [1.807, 2.05) is 13.8 Å². The molecule has 1 saturated heterocycles. The zero-order valence-corrected chi connectivity index (χ0v) is 12.7. The Hall–Kier alpha value is -1.30. The topological polar surface area (TPSA) is 70.1 Å². The second-order valence-electron chi connectivity index (χ2n) is 5.91. The molecule has 1 rings (SSSR count). The van der Waals surface area contributed by atoms with E-state index in [0.717, 1.165) is 19.4 Å². The standard InChI is InChI=1S/C14H26N2O4/c1-11(2)7-16(9-13(17)18)14(19)15(3)8-12-5-4-6-20-10-12/h11-12H,4-10H2,1-3H3,(H,17,18). The molecule has 0 spiro atoms. The minimum absolute atomic E-state index is 0.216. The molecule has 0 aromatic rings. The molecule has 1 heterocycles. The second kappa shape index (κ2) is 8.09. The molecule has 1 aliphatic heterocycles. The summed E-state index contributed by atoms with van der Waals surface area (Å²) in [4.78, 5) is 26.2. The first-order valence-electron chi connectivity index (χ1n) is 7.19. The molecule has 0 radical (unpaired) electrons. The third-order valence-electron chi connectivity index (χ3n) is 3.30. The van der Waals surface area contributed by atoms with Gasteiger partial charge in [0.05, 0.1) is 6.61 Å². The summed E-state index contributed by atoms with van der Waals surface area (Å²) < 4.78 is 5.41. The molecule has 1 atom stereocenters. The van der Waals surface area contributed by atoms with Crippen LogP contribution in [-0.4, -0.2) is 66.8 Å². The van der Waals surface area contributed by atoms with Crippen molar-refractivity contribution < 1.29 is 19.4 Å². The average Bonchev–Trinajstić information content (AvgIpc) is 2.37. The van der Waals surface area contributed by atoms with Crippen LogP contribution in [0.15, 0.2) is 0 Å². The van der Waals surface area contributed by atoms with Crippen molar-refractivity contribution in [1.82, 2.24) is 9.80 Å². The van der Waals surface area contributed by atoms with Gasteiger partial charge in [0, 0.05) is 32.7 Å². The monoisotopic (exact) mass is 286 g/mol. The number of urea groups is 1. The molecule has 1 unspecified atom stereocenters. The number of amides is 2. The lowest BCUT2D eigenvalue weighted by molar-refractivity contribution is -0.137. The summed E-state index contributed by atoms with van der Waals surface area (Å²) in [6.07, 6.45) is 2.08. The molecule has 0 aliphatic carbocycles. The Balaban J connectivity index is 2.54. The Bertz CT molecular complexity index is 327. The average molecular weight is 286 g/mol. The number of nitrogens with zero attached hydrogens (tertiary/aromatic N) is 2. The highest BCUT2D eigenvalue weighted by Crippen LogP contribution is 2.15. The molecule has 20 heavy (non-hydrogen) atoms. The Morgan fingerprint density at radius 1 is 1.40 bits per heavy atom. The summed E-state index contributed by atoms with van der Waals surface area (Å²) >= 11 is 0. The van der Waals surface area contributed by atoms with Gasteiger partial charge in [0.2, 0.25) is 0 Å². The first-order chi connectivity index (χ1) is 9.40. The van der Waals surface area contributed by atoms with E-state index < -0.39 is 5.97 Å². The third kappa shape index (κ3) is 5.77. The maximum absolute atomic E-state index is 12.3. The highest BCUT2D eigenvalue weighted by atomic mass is 16.5. The van der Waals surface area contributed by atoms with Crippen molar-refractivity contribution in [2.24, 2.45) is 11.8 Å². The van der Waals surface area contributed by atoms with E-state index in [0.29, 0.717) is 25.6 Å². The summed E-state index contributed by atoms with van der Waals surface area (Å²) in [7, 11) is 1.73. The van der Waals surface area contributed by atoms with Crippen LogP contribution in [0.5, 0.6) is 0 Å². The predicted octanol–water partition coefficient (Wildman–Crippen LogP) is 1.51. The molecule has 6 nitrogen and oxygen atoms in total. The van der Waals surface area contributed by atoms with Gasteiger partial charge >= 0.3 is 12.0 Å². The maximum Gasteiger partial charge on any atom is 0.323 e. The van der Waals surface area contributed by atoms with Gasteiger partial charge in [0.25, 0.3) is 0 Å². The van der Waals surface area contributed by atoms with Crippen LogP contribution in [0.2, 0.25) is 0 Å². The van der Waals surface area contributed by atoms with Crippen LogP contribution in [0.25, 0.3) is 0 Å². The van der Waals surface area contributed by atoms with Crippen molar-refractivity contribution in [2.75, 3.05) is 39.9 Å². The third-order valence-corrected chi connectivity index (χ3v) is 3.30. The number of hydrogen-bond donors (Lipinski definition) is 1. The summed E-state index contributed by atoms with van der Waals surface area (Å²) in [6, 6.07) is -0.216. The van der Waals surface area contributed by atoms with E-state index in [2.05, 4.69) is 0 Å². The van der Waals surface area contributed by atoms with Crippen molar-refractivity contribution in [2.45, 2.75) is 26.7 Å². The van der Waals surface area contributed by atoms with Crippen molar-refractivity contribution in [1.29, 1.82) is 0 Å². The maximum atomic E-state index is 12.3. The number of carbonyl (C=O) groups excluding carboxylic acids is 1. The summed E-state index contributed by atoms with van der Waals surface area (Å²) in [5.74, 6) is -0.387. The molecule has 1 N–H and O–H groups in total. The van der Waals surface area contributed by atoms with Crippen molar-refractivity contribution in [3.05, 3.63) is 0 Å². The van der Waals surface area contributed by atoms with Crippen LogP contribution in [-0.2, 0) is 9.53 Å². The number of carbonyl (C=O) groups is 2. The van der Waals surface area contributed by atoms with Gasteiger partial charge in [0.1, 0.15) is 6.54 Å². The number of rotatable bonds is 6. The highest BCUT2D eigenvalue weighted by Gasteiger charge is 2.24. The van der Waals surface area contributed by atoms with Crippen LogP contribution in [0.1, 0.15) is 26.7 Å². The highest BCUT2D eigenvalue weighted by molar-refractivity contribution is 5.80. The SMILES string of the molecule is CC(C)CN(CC(=O)O)C(=O)N(C)CC1CCCOC1. The zero-order chi connectivity index (χ0) is 15.1. The molecule has 2 amide bonds. The van der Waals surface area contributed by atoms with E-state index >= 15 is 0 Å². The van der Waals surface area contributed by atoms with E-state index in [1.54, 1.807) is 11.9 Å². The summed E-state index contributed by atoms with van der Waals surface area (Å²) in [5, 5.41) is 8.92. The quantitative estimate of drug-likeness (QED) is 0.803. The van der Waals surface area contributed by atoms with Gasteiger partial charge in [-0.25, -0.2) is 4.79 Å². The lowest BCUT2D eigenvalue weighted by Crippen LogP contribution is -2.47. The van der Waals surface area contributed by atoms with E-state index in [-0.39, 0.29) is 18.5 Å². The van der Waals surface area contributed by atoms with E-state index in [9.17, 15) is 9.59 Å². The molecule has 0 saturated carbocycles. The molecule has 0 bridgehead atoms. The van der Waals surface area contributed by atoms with E-state index in [4.69, 9.17) is 9.84 Å². The minimum Gasteiger partial charge on any atom is -0.480 e. The van der Waals surface area contributed by atoms with Crippen molar-refractivity contribution in [3.63, 3.8) is 0 Å². The lowest BCUT2D eigenvalue weighted by atomic mass is 10.0. The van der Waals surface area contributed by atoms with Gasteiger partial charge in [-0.1, -0.05) is 13.8 Å². The van der Waals surface area contributed by atoms with Crippen LogP contribution < -0.4 is 0 Å². The molecule has 6 heteroatoms. The van der Waals surface area contributed by atoms with Gasteiger partial charge in [0.15, 0.2) is 0 Å². The first kappa shape index (κ1) is 16.8. The first-order valence-corrected chi connectivity index (χ1v) is 7.19. The Labute approximate surface area is 120 Å². The number of carboxylic acids is 1. The minimum atomic E-state index is -0.978. The number of aliphatic carboxylic acids is 1. The van der Waals surface area contributed by atoms with E-state index in [1.165, 1.54) is 4.90 Å². The second-order valence-corrected chi connectivity index (χ2v) is 5.91. The zero-order valence-electron chi connectivity index (χ0n) is 12.7. The largest absolute Gasteiger partial charge is 0.480 e. The fraction of sp³-hybridized carbons (Fsp3) is 0.857. The number of ether oxygens (including phenoxy) is 1. The predicted molar refractivity (Wildman–Crippen MR) is 75.6 cm³/mol. The summed E-state index contributed by atoms with van der Waals surface area (Å²) in [6.45, 7) is 6.24. The lowest BCUT2D eigenvalue weighted by Gasteiger charge is -2.31. The van der Waals surface area contributed by atoms with Crippen LogP contribution >= 0.6 is 0 Å². The smallest absolute Gasteiger partial charge is 0.323 e. The van der Waals surface area contributed by atoms with Crippen LogP contribution in [0, 0.1) is 11.8 Å². The van der Waals surface area contributed by atoms with Crippen LogP contribution in [0.4, 0.5) is 4.79 Å². The van der Waals surface area contributed by atoms with Gasteiger partial charge in [-0.05, 0) is 18.8 Å². The van der Waals surface area contributed by atoms with Crippen LogP contribution in [0.3, 0.4) is 0 Å². The van der Waals surface area contributed by atoms with Gasteiger partial charge in [-0.15, -0.1) is 0 Å².